The molecule has 4 rings (SSSR count). The molecule has 0 radical (unpaired) electrons. The number of piperidine rings is 1. The van der Waals surface area contributed by atoms with Gasteiger partial charge < -0.3 is 15.0 Å². The van der Waals surface area contributed by atoms with Gasteiger partial charge in [0.15, 0.2) is 0 Å². The molecule has 2 saturated carbocycles. The standard InChI is InChI=1S/C19H30N4O2/c1-12(2)25-15-10-13(11-15)21-16-6-7-18(24)23(14-4-5-14)19(16)17-8-9-20-22(17)3/h8-9,12-16,19,21H,4-7,10-11H2,1-3H3/t13?,15?,16-,19-/m1/s1. The minimum absolute atomic E-state index is 0.103. The van der Waals surface area contributed by atoms with Crippen molar-refractivity contribution in [2.45, 2.75) is 88.7 Å². The van der Waals surface area contributed by atoms with Gasteiger partial charge in [0, 0.05) is 37.8 Å². The van der Waals surface area contributed by atoms with E-state index in [4.69, 9.17) is 4.74 Å². The van der Waals surface area contributed by atoms with Gasteiger partial charge in [-0.25, -0.2) is 0 Å². The van der Waals surface area contributed by atoms with E-state index < -0.39 is 0 Å². The maximum Gasteiger partial charge on any atom is 0.223 e. The Bertz CT molecular complexity index is 619. The van der Waals surface area contributed by atoms with Gasteiger partial charge in [0.25, 0.3) is 0 Å². The van der Waals surface area contributed by atoms with Crippen molar-refractivity contribution in [1.29, 1.82) is 0 Å². The smallest absolute Gasteiger partial charge is 0.223 e. The van der Waals surface area contributed by atoms with Gasteiger partial charge in [-0.15, -0.1) is 0 Å². The zero-order valence-electron chi connectivity index (χ0n) is 15.5. The minimum atomic E-state index is 0.103. The molecule has 6 nitrogen and oxygen atoms in total. The van der Waals surface area contributed by atoms with Gasteiger partial charge in [0.2, 0.25) is 5.91 Å². The first kappa shape index (κ1) is 17.0. The van der Waals surface area contributed by atoms with E-state index in [-0.39, 0.29) is 6.04 Å². The summed E-state index contributed by atoms with van der Waals surface area (Å²) in [7, 11) is 1.98. The van der Waals surface area contributed by atoms with Gasteiger partial charge >= 0.3 is 0 Å². The van der Waals surface area contributed by atoms with Crippen LogP contribution in [-0.4, -0.2) is 50.9 Å². The lowest BCUT2D eigenvalue weighted by Crippen LogP contribution is -2.57. The first-order chi connectivity index (χ1) is 12.0. The fourth-order valence-electron chi connectivity index (χ4n) is 4.40. The number of amides is 1. The van der Waals surface area contributed by atoms with E-state index in [9.17, 15) is 4.79 Å². The van der Waals surface area contributed by atoms with Crippen LogP contribution in [0, 0.1) is 0 Å². The molecule has 1 aromatic heterocycles. The second-order valence-electron chi connectivity index (χ2n) is 8.14. The summed E-state index contributed by atoms with van der Waals surface area (Å²) in [5, 5.41) is 8.20. The predicted molar refractivity (Wildman–Crippen MR) is 95.0 cm³/mol. The third-order valence-electron chi connectivity index (χ3n) is 5.75. The molecule has 1 aromatic rings. The van der Waals surface area contributed by atoms with Crippen LogP contribution < -0.4 is 5.32 Å². The predicted octanol–water partition coefficient (Wildman–Crippen LogP) is 2.16. The lowest BCUT2D eigenvalue weighted by atomic mass is 9.85. The van der Waals surface area contributed by atoms with Crippen molar-refractivity contribution in [3.63, 3.8) is 0 Å². The third kappa shape index (κ3) is 3.47. The molecule has 25 heavy (non-hydrogen) atoms. The molecule has 0 spiro atoms. The number of carbonyl (C=O) groups excluding carboxylic acids is 1. The molecule has 3 aliphatic rings. The van der Waals surface area contributed by atoms with Crippen LogP contribution in [0.25, 0.3) is 0 Å². The number of aryl methyl sites for hydroxylation is 1. The van der Waals surface area contributed by atoms with Crippen LogP contribution in [0.15, 0.2) is 12.3 Å². The normalized spacial score (nSPS) is 33.0. The lowest BCUT2D eigenvalue weighted by molar-refractivity contribution is -0.139. The van der Waals surface area contributed by atoms with E-state index in [0.717, 1.165) is 37.8 Å². The number of likely N-dealkylation sites (tertiary alicyclic amines) is 1. The van der Waals surface area contributed by atoms with Crippen molar-refractivity contribution in [2.24, 2.45) is 7.05 Å². The number of hydrogen-bond acceptors (Lipinski definition) is 4. The number of carbonyl (C=O) groups is 1. The third-order valence-corrected chi connectivity index (χ3v) is 5.75. The number of ether oxygens (including phenoxy) is 1. The van der Waals surface area contributed by atoms with Crippen molar-refractivity contribution in [3.05, 3.63) is 18.0 Å². The summed E-state index contributed by atoms with van der Waals surface area (Å²) in [6, 6.07) is 3.40. The van der Waals surface area contributed by atoms with Crippen LogP contribution in [0.2, 0.25) is 0 Å². The number of nitrogens with one attached hydrogen (secondary N) is 1. The quantitative estimate of drug-likeness (QED) is 0.857. The molecule has 0 unspecified atom stereocenters. The Labute approximate surface area is 149 Å². The van der Waals surface area contributed by atoms with Crippen LogP contribution in [0.5, 0.6) is 0 Å². The van der Waals surface area contributed by atoms with Crippen LogP contribution in [0.1, 0.15) is 64.1 Å². The van der Waals surface area contributed by atoms with Crippen LogP contribution in [-0.2, 0) is 16.6 Å². The second kappa shape index (κ2) is 6.72. The van der Waals surface area contributed by atoms with Gasteiger partial charge in [0.1, 0.15) is 0 Å². The number of hydrogen-bond donors (Lipinski definition) is 1. The molecule has 1 aliphatic heterocycles. The highest BCUT2D eigenvalue weighted by atomic mass is 16.5. The summed E-state index contributed by atoms with van der Waals surface area (Å²) in [6.07, 6.45) is 8.51. The number of aromatic nitrogens is 2. The highest BCUT2D eigenvalue weighted by Crippen LogP contribution is 2.41. The van der Waals surface area contributed by atoms with Crippen molar-refractivity contribution in [3.8, 4) is 0 Å². The van der Waals surface area contributed by atoms with E-state index in [1.54, 1.807) is 0 Å². The molecule has 3 fully saturated rings. The van der Waals surface area contributed by atoms with E-state index in [1.165, 1.54) is 0 Å². The van der Waals surface area contributed by atoms with Gasteiger partial charge in [-0.1, -0.05) is 0 Å². The summed E-state index contributed by atoms with van der Waals surface area (Å²) < 4.78 is 7.82. The van der Waals surface area contributed by atoms with Crippen molar-refractivity contribution in [1.82, 2.24) is 20.0 Å². The Morgan fingerprint density at radius 1 is 1.28 bits per heavy atom. The summed E-state index contributed by atoms with van der Waals surface area (Å²) in [4.78, 5) is 14.8. The SMILES string of the molecule is CC(C)OC1CC(N[C@@H]2CCC(=O)N(C3CC3)[C@H]2c2ccnn2C)C1. The molecular formula is C19H30N4O2. The summed E-state index contributed by atoms with van der Waals surface area (Å²) in [5.74, 6) is 0.307. The zero-order valence-corrected chi connectivity index (χ0v) is 15.5. The Balaban J connectivity index is 1.48. The van der Waals surface area contributed by atoms with Crippen molar-refractivity contribution < 1.29 is 9.53 Å². The van der Waals surface area contributed by atoms with Gasteiger partial charge in [0.05, 0.1) is 23.9 Å². The monoisotopic (exact) mass is 346 g/mol. The first-order valence-corrected chi connectivity index (χ1v) is 9.73. The number of rotatable bonds is 6. The van der Waals surface area contributed by atoms with E-state index in [0.29, 0.717) is 42.7 Å². The topological polar surface area (TPSA) is 59.4 Å². The maximum atomic E-state index is 12.6. The van der Waals surface area contributed by atoms with Gasteiger partial charge in [-0.05, 0) is 52.0 Å². The Morgan fingerprint density at radius 3 is 2.64 bits per heavy atom. The summed E-state index contributed by atoms with van der Waals surface area (Å²) >= 11 is 0. The molecule has 2 heterocycles. The maximum absolute atomic E-state index is 12.6. The highest BCUT2D eigenvalue weighted by molar-refractivity contribution is 5.78. The summed E-state index contributed by atoms with van der Waals surface area (Å²) in [6.45, 7) is 4.19. The average Bonchev–Trinajstić information content (AvgIpc) is 3.27. The van der Waals surface area contributed by atoms with Crippen LogP contribution in [0.4, 0.5) is 0 Å². The molecular weight excluding hydrogens is 316 g/mol. The van der Waals surface area contributed by atoms with E-state index in [2.05, 4.69) is 35.2 Å². The highest BCUT2D eigenvalue weighted by Gasteiger charge is 2.46. The Hall–Kier alpha value is -1.40. The molecule has 1 saturated heterocycles. The van der Waals surface area contributed by atoms with Crippen molar-refractivity contribution in [2.75, 3.05) is 0 Å². The minimum Gasteiger partial charge on any atom is -0.375 e. The number of nitrogens with zero attached hydrogens (tertiary/aromatic N) is 3. The molecule has 2 atom stereocenters. The lowest BCUT2D eigenvalue weighted by Gasteiger charge is -2.46. The second-order valence-corrected chi connectivity index (χ2v) is 8.14. The largest absolute Gasteiger partial charge is 0.375 e. The van der Waals surface area contributed by atoms with Gasteiger partial charge in [-0.2, -0.15) is 5.10 Å². The van der Waals surface area contributed by atoms with E-state index >= 15 is 0 Å². The molecule has 138 valence electrons. The fourth-order valence-corrected chi connectivity index (χ4v) is 4.40. The van der Waals surface area contributed by atoms with Crippen LogP contribution in [0.3, 0.4) is 0 Å². The van der Waals surface area contributed by atoms with Crippen molar-refractivity contribution >= 4 is 5.91 Å². The molecule has 2 aliphatic carbocycles. The zero-order chi connectivity index (χ0) is 17.6. The molecule has 1 N–H and O–H groups in total. The average molecular weight is 346 g/mol. The summed E-state index contributed by atoms with van der Waals surface area (Å²) in [5.41, 5.74) is 1.15. The molecule has 0 aromatic carbocycles. The Kier molecular flexibility index (Phi) is 4.58. The first-order valence-electron chi connectivity index (χ1n) is 9.73. The van der Waals surface area contributed by atoms with E-state index in [1.807, 2.05) is 17.9 Å². The molecule has 0 bridgehead atoms. The van der Waals surface area contributed by atoms with Crippen LogP contribution >= 0.6 is 0 Å². The fraction of sp³-hybridized carbons (Fsp3) is 0.789. The molecule has 6 heteroatoms. The Morgan fingerprint density at radius 2 is 2.04 bits per heavy atom. The molecule has 1 amide bonds. The van der Waals surface area contributed by atoms with Gasteiger partial charge in [-0.3, -0.25) is 9.48 Å².